The summed E-state index contributed by atoms with van der Waals surface area (Å²) in [5, 5.41) is 1.30. The maximum Gasteiger partial charge on any atom is 0.213 e. The van der Waals surface area contributed by atoms with Gasteiger partial charge in [0, 0.05) is 10.6 Å². The van der Waals surface area contributed by atoms with Crippen molar-refractivity contribution in [3.8, 4) is 0 Å². The summed E-state index contributed by atoms with van der Waals surface area (Å²) >= 11 is 0. The van der Waals surface area contributed by atoms with E-state index in [1.54, 1.807) is 30.3 Å². The van der Waals surface area contributed by atoms with Crippen molar-refractivity contribution in [3.63, 3.8) is 0 Å². The highest BCUT2D eigenvalue weighted by molar-refractivity contribution is 7.85. The molecule has 0 aliphatic heterocycles. The van der Waals surface area contributed by atoms with Crippen molar-refractivity contribution in [2.75, 3.05) is 0 Å². The zero-order valence-electron chi connectivity index (χ0n) is 11.2. The van der Waals surface area contributed by atoms with Gasteiger partial charge in [-0.2, -0.15) is 4.39 Å². The van der Waals surface area contributed by atoms with E-state index in [1.807, 2.05) is 36.4 Å². The Morgan fingerprint density at radius 2 is 1.24 bits per heavy atom. The molecule has 0 saturated carbocycles. The van der Waals surface area contributed by atoms with Crippen LogP contribution in [0.5, 0.6) is 0 Å². The molecule has 0 unspecified atom stereocenters. The number of aromatic nitrogens is 1. The first-order valence-electron chi connectivity index (χ1n) is 6.55. The first kappa shape index (κ1) is 13.7. The van der Waals surface area contributed by atoms with E-state index >= 15 is 0 Å². The van der Waals surface area contributed by atoms with E-state index in [1.165, 1.54) is 12.1 Å². The molecule has 0 amide bonds. The summed E-state index contributed by atoms with van der Waals surface area (Å²) in [4.78, 5) is 3.87. The normalized spacial score (nSPS) is 11.3. The Bertz CT molecular complexity index is 747. The molecule has 3 rings (SSSR count). The zero-order valence-corrected chi connectivity index (χ0v) is 12.1. The molecule has 21 heavy (non-hydrogen) atoms. The molecule has 4 heteroatoms. The second kappa shape index (κ2) is 5.63. The van der Waals surface area contributed by atoms with Crippen LogP contribution >= 0.6 is 7.14 Å². The lowest BCUT2D eigenvalue weighted by Gasteiger charge is -2.18. The molecule has 1 heterocycles. The van der Waals surface area contributed by atoms with Crippen LogP contribution in [0.25, 0.3) is 0 Å². The van der Waals surface area contributed by atoms with E-state index in [2.05, 4.69) is 4.98 Å². The average Bonchev–Trinajstić information content (AvgIpc) is 2.56. The largest absolute Gasteiger partial charge is 0.307 e. The maximum atomic E-state index is 13.7. The minimum absolute atomic E-state index is 0.264. The first-order valence-corrected chi connectivity index (χ1v) is 8.26. The van der Waals surface area contributed by atoms with Gasteiger partial charge < -0.3 is 4.57 Å². The summed E-state index contributed by atoms with van der Waals surface area (Å²) in [5.74, 6) is -0.625. The quantitative estimate of drug-likeness (QED) is 0.549. The molecular formula is C17H13FNOP. The second-order valence-corrected chi connectivity index (χ2v) is 7.31. The van der Waals surface area contributed by atoms with Crippen LogP contribution in [-0.2, 0) is 4.57 Å². The van der Waals surface area contributed by atoms with E-state index in [0.29, 0.717) is 10.6 Å². The van der Waals surface area contributed by atoms with Gasteiger partial charge >= 0.3 is 0 Å². The summed E-state index contributed by atoms with van der Waals surface area (Å²) in [6.07, 6.45) is 0. The molecule has 0 radical (unpaired) electrons. The van der Waals surface area contributed by atoms with Crippen molar-refractivity contribution >= 4 is 23.2 Å². The SMILES string of the molecule is O=P(c1ccccc1)(c1ccccc1)c1cccc(F)n1. The molecule has 0 N–H and O–H groups in total. The average molecular weight is 297 g/mol. The van der Waals surface area contributed by atoms with Crippen molar-refractivity contribution in [1.82, 2.24) is 4.98 Å². The number of pyridine rings is 1. The first-order chi connectivity index (χ1) is 10.2. The second-order valence-electron chi connectivity index (χ2n) is 4.60. The topological polar surface area (TPSA) is 30.0 Å². The van der Waals surface area contributed by atoms with E-state index in [4.69, 9.17) is 0 Å². The number of halogens is 1. The molecular weight excluding hydrogens is 284 g/mol. The van der Waals surface area contributed by atoms with Crippen LogP contribution in [0.4, 0.5) is 4.39 Å². The van der Waals surface area contributed by atoms with Crippen LogP contribution in [0.3, 0.4) is 0 Å². The van der Waals surface area contributed by atoms with Gasteiger partial charge in [0.2, 0.25) is 5.95 Å². The molecule has 0 aliphatic carbocycles. The Kier molecular flexibility index (Phi) is 3.68. The van der Waals surface area contributed by atoms with Crippen molar-refractivity contribution in [1.29, 1.82) is 0 Å². The van der Waals surface area contributed by atoms with Crippen LogP contribution in [-0.4, -0.2) is 4.98 Å². The lowest BCUT2D eigenvalue weighted by molar-refractivity contribution is 0.580. The molecule has 0 aliphatic rings. The van der Waals surface area contributed by atoms with E-state index in [9.17, 15) is 8.96 Å². The number of nitrogens with zero attached hydrogens (tertiary/aromatic N) is 1. The van der Waals surface area contributed by atoms with Gasteiger partial charge in [-0.25, -0.2) is 4.98 Å². The van der Waals surface area contributed by atoms with Gasteiger partial charge in [-0.1, -0.05) is 66.7 Å². The van der Waals surface area contributed by atoms with E-state index in [0.717, 1.165) is 0 Å². The monoisotopic (exact) mass is 297 g/mol. The molecule has 0 atom stereocenters. The van der Waals surface area contributed by atoms with Gasteiger partial charge in [0.05, 0.1) is 0 Å². The van der Waals surface area contributed by atoms with Gasteiger partial charge in [0.25, 0.3) is 0 Å². The van der Waals surface area contributed by atoms with Crippen molar-refractivity contribution in [3.05, 3.63) is 84.8 Å². The van der Waals surface area contributed by atoms with Gasteiger partial charge in [-0.05, 0) is 12.1 Å². The predicted molar refractivity (Wildman–Crippen MR) is 83.6 cm³/mol. The summed E-state index contributed by atoms with van der Waals surface area (Å²) in [6, 6.07) is 22.6. The lowest BCUT2D eigenvalue weighted by Crippen LogP contribution is -2.27. The smallest absolute Gasteiger partial charge is 0.213 e. The van der Waals surface area contributed by atoms with Crippen molar-refractivity contribution in [2.24, 2.45) is 0 Å². The van der Waals surface area contributed by atoms with Crippen LogP contribution in [0, 0.1) is 5.95 Å². The summed E-state index contributed by atoms with van der Waals surface area (Å²) in [6.45, 7) is 0. The zero-order chi connectivity index (χ0) is 14.7. The third-order valence-corrected chi connectivity index (χ3v) is 6.21. The van der Waals surface area contributed by atoms with Crippen LogP contribution < -0.4 is 16.0 Å². The fraction of sp³-hybridized carbons (Fsp3) is 0. The van der Waals surface area contributed by atoms with Gasteiger partial charge in [-0.15, -0.1) is 0 Å². The third kappa shape index (κ3) is 2.53. The van der Waals surface area contributed by atoms with Crippen molar-refractivity contribution < 1.29 is 8.96 Å². The molecule has 0 saturated heterocycles. The summed E-state index contributed by atoms with van der Waals surface area (Å²) in [7, 11) is -3.15. The standard InChI is InChI=1S/C17H13FNOP/c18-16-12-7-13-17(19-16)21(20,14-8-3-1-4-9-14)15-10-5-2-6-11-15/h1-13H. The van der Waals surface area contributed by atoms with E-state index in [-0.39, 0.29) is 5.44 Å². The molecule has 2 nitrogen and oxygen atoms in total. The Morgan fingerprint density at radius 1 is 0.714 bits per heavy atom. The number of hydrogen-bond acceptors (Lipinski definition) is 2. The number of hydrogen-bond donors (Lipinski definition) is 0. The fourth-order valence-electron chi connectivity index (χ4n) is 2.26. The van der Waals surface area contributed by atoms with Gasteiger partial charge in [0.15, 0.2) is 7.14 Å². The molecule has 1 aromatic heterocycles. The van der Waals surface area contributed by atoms with Gasteiger partial charge in [0.1, 0.15) is 5.44 Å². The predicted octanol–water partition coefficient (Wildman–Crippen LogP) is 2.86. The molecule has 0 spiro atoms. The Morgan fingerprint density at radius 3 is 1.71 bits per heavy atom. The Balaban J connectivity index is 2.29. The Hall–Kier alpha value is -2.25. The van der Waals surface area contributed by atoms with Crippen LogP contribution in [0.1, 0.15) is 0 Å². The van der Waals surface area contributed by atoms with Gasteiger partial charge in [-0.3, -0.25) is 0 Å². The number of rotatable bonds is 3. The Labute approximate surface area is 122 Å². The molecule has 2 aromatic carbocycles. The van der Waals surface area contributed by atoms with Crippen molar-refractivity contribution in [2.45, 2.75) is 0 Å². The highest BCUT2D eigenvalue weighted by atomic mass is 31.2. The minimum Gasteiger partial charge on any atom is -0.307 e. The molecule has 0 fully saturated rings. The van der Waals surface area contributed by atoms with Crippen LogP contribution in [0.2, 0.25) is 0 Å². The van der Waals surface area contributed by atoms with E-state index < -0.39 is 13.1 Å². The highest BCUT2D eigenvalue weighted by Crippen LogP contribution is 2.41. The number of benzene rings is 2. The highest BCUT2D eigenvalue weighted by Gasteiger charge is 2.31. The molecule has 3 aromatic rings. The minimum atomic E-state index is -3.15. The molecule has 104 valence electrons. The summed E-state index contributed by atoms with van der Waals surface area (Å²) in [5.41, 5.74) is 0.264. The third-order valence-electron chi connectivity index (χ3n) is 3.26. The fourth-order valence-corrected chi connectivity index (χ4v) is 4.81. The maximum absolute atomic E-state index is 13.7. The molecule has 0 bridgehead atoms. The summed E-state index contributed by atoms with van der Waals surface area (Å²) < 4.78 is 27.2. The van der Waals surface area contributed by atoms with Crippen LogP contribution in [0.15, 0.2) is 78.9 Å². The lowest BCUT2D eigenvalue weighted by atomic mass is 10.4.